The predicted octanol–water partition coefficient (Wildman–Crippen LogP) is 0.644. The molecular formula is C13H16F3N5O2. The smallest absolute Gasteiger partial charge is 0.357 e. The largest absolute Gasteiger partial charge is 0.433 e. The van der Waals surface area contributed by atoms with E-state index in [0.717, 1.165) is 12.3 Å². The fraction of sp³-hybridized carbons (Fsp3) is 0.538. The van der Waals surface area contributed by atoms with Gasteiger partial charge in [-0.25, -0.2) is 9.97 Å². The van der Waals surface area contributed by atoms with E-state index in [0.29, 0.717) is 19.4 Å². The van der Waals surface area contributed by atoms with Crippen molar-refractivity contribution < 1.29 is 22.8 Å². The Kier molecular flexibility index (Phi) is 5.02. The molecule has 0 aromatic carbocycles. The first-order chi connectivity index (χ1) is 10.8. The van der Waals surface area contributed by atoms with Gasteiger partial charge in [-0.1, -0.05) is 0 Å². The summed E-state index contributed by atoms with van der Waals surface area (Å²) in [4.78, 5) is 32.2. The van der Waals surface area contributed by atoms with E-state index >= 15 is 0 Å². The normalized spacial score (nSPS) is 17.9. The van der Waals surface area contributed by atoms with Gasteiger partial charge in [-0.2, -0.15) is 13.2 Å². The number of carbonyl (C=O) groups excluding carboxylic acids is 2. The molecule has 2 rings (SSSR count). The summed E-state index contributed by atoms with van der Waals surface area (Å²) in [5.74, 6) is -0.938. The van der Waals surface area contributed by atoms with Crippen LogP contribution in [0.3, 0.4) is 0 Å². The molecule has 126 valence electrons. The van der Waals surface area contributed by atoms with Crippen LogP contribution < -0.4 is 10.6 Å². The van der Waals surface area contributed by atoms with Crippen LogP contribution >= 0.6 is 0 Å². The Labute approximate surface area is 130 Å². The van der Waals surface area contributed by atoms with Gasteiger partial charge in [0, 0.05) is 19.8 Å². The first-order valence-corrected chi connectivity index (χ1v) is 6.98. The van der Waals surface area contributed by atoms with Gasteiger partial charge in [0.15, 0.2) is 0 Å². The fourth-order valence-corrected chi connectivity index (χ4v) is 2.36. The number of hydrogen-bond donors (Lipinski definition) is 2. The van der Waals surface area contributed by atoms with Crippen molar-refractivity contribution in [1.82, 2.24) is 20.2 Å². The van der Waals surface area contributed by atoms with Gasteiger partial charge >= 0.3 is 6.18 Å². The number of carbonyl (C=O) groups is 2. The number of likely N-dealkylation sites (tertiary alicyclic amines) is 1. The molecule has 0 unspecified atom stereocenters. The molecule has 1 fully saturated rings. The van der Waals surface area contributed by atoms with Crippen LogP contribution in [0.1, 0.15) is 18.5 Å². The van der Waals surface area contributed by atoms with Gasteiger partial charge in [0.1, 0.15) is 11.7 Å². The number of hydrogen-bond acceptors (Lipinski definition) is 5. The van der Waals surface area contributed by atoms with Crippen molar-refractivity contribution in [2.75, 3.05) is 25.5 Å². The predicted molar refractivity (Wildman–Crippen MR) is 74.3 cm³/mol. The molecule has 0 radical (unpaired) electrons. The van der Waals surface area contributed by atoms with Crippen molar-refractivity contribution in [3.05, 3.63) is 18.0 Å². The number of halogens is 3. The number of amides is 2. The summed E-state index contributed by atoms with van der Waals surface area (Å²) in [6, 6.07) is 0.200. The molecule has 7 nitrogen and oxygen atoms in total. The summed E-state index contributed by atoms with van der Waals surface area (Å²) in [5.41, 5.74) is -1.09. The highest BCUT2D eigenvalue weighted by molar-refractivity contribution is 5.89. The SMILES string of the molecule is CNC(=O)[C@@H]1CCCN1C(=O)CNc1nccc(C(F)(F)F)n1. The van der Waals surface area contributed by atoms with Crippen molar-refractivity contribution in [3.8, 4) is 0 Å². The van der Waals surface area contributed by atoms with Crippen LogP contribution in [0.25, 0.3) is 0 Å². The quantitative estimate of drug-likeness (QED) is 0.846. The molecule has 1 aliphatic rings. The van der Waals surface area contributed by atoms with Crippen LogP contribution in [0.5, 0.6) is 0 Å². The average Bonchev–Trinajstić information content (AvgIpc) is 3.01. The Morgan fingerprint density at radius 3 is 2.83 bits per heavy atom. The molecule has 2 heterocycles. The summed E-state index contributed by atoms with van der Waals surface area (Å²) < 4.78 is 37.7. The highest BCUT2D eigenvalue weighted by Gasteiger charge is 2.34. The molecule has 0 aliphatic carbocycles. The number of nitrogens with zero attached hydrogens (tertiary/aromatic N) is 3. The number of likely N-dealkylation sites (N-methyl/N-ethyl adjacent to an activating group) is 1. The van der Waals surface area contributed by atoms with Crippen LogP contribution in [0, 0.1) is 0 Å². The molecule has 2 N–H and O–H groups in total. The Balaban J connectivity index is 1.98. The molecule has 1 aromatic heterocycles. The van der Waals surface area contributed by atoms with Crippen LogP contribution in [0.4, 0.5) is 19.1 Å². The Bertz CT molecular complexity index is 593. The molecular weight excluding hydrogens is 315 g/mol. The van der Waals surface area contributed by atoms with Gasteiger partial charge in [-0.3, -0.25) is 9.59 Å². The standard InChI is InChI=1S/C13H16F3N5O2/c1-17-11(23)8-3-2-6-21(8)10(22)7-19-12-18-5-4-9(20-12)13(14,15)16/h4-5,8H,2-3,6-7H2,1H3,(H,17,23)(H,18,19,20)/t8-/m0/s1. The molecule has 1 atom stereocenters. The zero-order valence-electron chi connectivity index (χ0n) is 12.4. The van der Waals surface area contributed by atoms with Crippen molar-refractivity contribution in [2.45, 2.75) is 25.1 Å². The number of alkyl halides is 3. The van der Waals surface area contributed by atoms with Gasteiger partial charge in [0.2, 0.25) is 17.8 Å². The van der Waals surface area contributed by atoms with Gasteiger partial charge < -0.3 is 15.5 Å². The fourth-order valence-electron chi connectivity index (χ4n) is 2.36. The van der Waals surface area contributed by atoms with Crippen LogP contribution in [0.2, 0.25) is 0 Å². The lowest BCUT2D eigenvalue weighted by Crippen LogP contribution is -2.46. The minimum absolute atomic E-state index is 0.258. The maximum absolute atomic E-state index is 12.6. The minimum Gasteiger partial charge on any atom is -0.357 e. The van der Waals surface area contributed by atoms with Crippen molar-refractivity contribution in [2.24, 2.45) is 0 Å². The molecule has 1 aromatic rings. The van der Waals surface area contributed by atoms with Gasteiger partial charge in [0.05, 0.1) is 6.54 Å². The molecule has 0 saturated carbocycles. The number of nitrogens with one attached hydrogen (secondary N) is 2. The van der Waals surface area contributed by atoms with Crippen LogP contribution in [-0.4, -0.2) is 52.9 Å². The maximum atomic E-state index is 12.6. The average molecular weight is 331 g/mol. The Morgan fingerprint density at radius 2 is 2.17 bits per heavy atom. The second kappa shape index (κ2) is 6.80. The zero-order chi connectivity index (χ0) is 17.0. The summed E-state index contributed by atoms with van der Waals surface area (Å²) in [6.07, 6.45) is -2.36. The Morgan fingerprint density at radius 1 is 1.43 bits per heavy atom. The summed E-state index contributed by atoms with van der Waals surface area (Å²) in [7, 11) is 1.48. The second-order valence-electron chi connectivity index (χ2n) is 4.98. The lowest BCUT2D eigenvalue weighted by atomic mass is 10.2. The van der Waals surface area contributed by atoms with Crippen molar-refractivity contribution >= 4 is 17.8 Å². The first kappa shape index (κ1) is 17.0. The summed E-state index contributed by atoms with van der Waals surface area (Å²) >= 11 is 0. The van der Waals surface area contributed by atoms with Crippen LogP contribution in [-0.2, 0) is 15.8 Å². The molecule has 0 bridgehead atoms. The van der Waals surface area contributed by atoms with Crippen molar-refractivity contribution in [1.29, 1.82) is 0 Å². The molecule has 23 heavy (non-hydrogen) atoms. The molecule has 1 saturated heterocycles. The van der Waals surface area contributed by atoms with Gasteiger partial charge in [0.25, 0.3) is 0 Å². The minimum atomic E-state index is -4.58. The van der Waals surface area contributed by atoms with E-state index in [1.54, 1.807) is 0 Å². The van der Waals surface area contributed by atoms with Crippen molar-refractivity contribution in [3.63, 3.8) is 0 Å². The molecule has 0 spiro atoms. The lowest BCUT2D eigenvalue weighted by Gasteiger charge is -2.23. The molecule has 10 heteroatoms. The number of rotatable bonds is 4. The summed E-state index contributed by atoms with van der Waals surface area (Å²) in [5, 5.41) is 4.95. The van der Waals surface area contributed by atoms with E-state index in [4.69, 9.17) is 0 Å². The van der Waals surface area contributed by atoms with Crippen LogP contribution in [0.15, 0.2) is 12.3 Å². The van der Waals surface area contributed by atoms with E-state index in [9.17, 15) is 22.8 Å². The highest BCUT2D eigenvalue weighted by Crippen LogP contribution is 2.27. The number of aromatic nitrogens is 2. The third kappa shape index (κ3) is 4.08. The topological polar surface area (TPSA) is 87.2 Å². The molecule has 1 aliphatic heterocycles. The third-order valence-corrected chi connectivity index (χ3v) is 3.47. The van der Waals surface area contributed by atoms with Gasteiger partial charge in [-0.15, -0.1) is 0 Å². The third-order valence-electron chi connectivity index (χ3n) is 3.47. The van der Waals surface area contributed by atoms with E-state index in [2.05, 4.69) is 20.6 Å². The summed E-state index contributed by atoms with van der Waals surface area (Å²) in [6.45, 7) is 0.150. The first-order valence-electron chi connectivity index (χ1n) is 6.98. The van der Waals surface area contributed by atoms with Gasteiger partial charge in [-0.05, 0) is 18.9 Å². The monoisotopic (exact) mass is 331 g/mol. The highest BCUT2D eigenvalue weighted by atomic mass is 19.4. The number of anilines is 1. The lowest BCUT2D eigenvalue weighted by molar-refractivity contribution is -0.141. The van der Waals surface area contributed by atoms with E-state index < -0.39 is 23.8 Å². The Hall–Kier alpha value is -2.39. The second-order valence-corrected chi connectivity index (χ2v) is 4.98. The molecule has 2 amide bonds. The zero-order valence-corrected chi connectivity index (χ0v) is 12.4. The van der Waals surface area contributed by atoms with E-state index in [1.807, 2.05) is 0 Å². The maximum Gasteiger partial charge on any atom is 0.433 e. The van der Waals surface area contributed by atoms with E-state index in [-0.39, 0.29) is 18.4 Å². The van der Waals surface area contributed by atoms with E-state index in [1.165, 1.54) is 11.9 Å².